The number of hydrogen-bond donors (Lipinski definition) is 1. The molecule has 24 heavy (non-hydrogen) atoms. The van der Waals surface area contributed by atoms with Crippen LogP contribution in [0.2, 0.25) is 0 Å². The molecule has 0 spiro atoms. The Morgan fingerprint density at radius 1 is 1.33 bits per heavy atom. The molecule has 1 unspecified atom stereocenters. The Bertz CT molecular complexity index is 608. The van der Waals surface area contributed by atoms with Crippen LogP contribution in [0.25, 0.3) is 5.57 Å². The molecule has 1 saturated heterocycles. The summed E-state index contributed by atoms with van der Waals surface area (Å²) in [6, 6.07) is 7.67. The van der Waals surface area contributed by atoms with E-state index in [0.717, 1.165) is 42.7 Å². The lowest BCUT2D eigenvalue weighted by molar-refractivity contribution is -0.127. The van der Waals surface area contributed by atoms with E-state index in [2.05, 4.69) is 0 Å². The number of methoxy groups -OCH3 is 1. The fraction of sp³-hybridized carbons (Fsp3) is 0.474. The van der Waals surface area contributed by atoms with Crippen LogP contribution in [0, 0.1) is 5.92 Å². The largest absolute Gasteiger partial charge is 0.497 e. The highest BCUT2D eigenvalue weighted by molar-refractivity contribution is 5.95. The molecule has 0 saturated carbocycles. The second-order valence-electron chi connectivity index (χ2n) is 6.35. The van der Waals surface area contributed by atoms with Crippen molar-refractivity contribution in [3.05, 3.63) is 35.9 Å². The van der Waals surface area contributed by atoms with Crippen molar-refractivity contribution in [2.45, 2.75) is 32.6 Å². The van der Waals surface area contributed by atoms with Gasteiger partial charge >= 0.3 is 0 Å². The lowest BCUT2D eigenvalue weighted by atomic mass is 9.93. The van der Waals surface area contributed by atoms with Gasteiger partial charge in [0.15, 0.2) is 0 Å². The molecule has 0 aliphatic carbocycles. The highest BCUT2D eigenvalue weighted by atomic mass is 16.5. The second-order valence-corrected chi connectivity index (χ2v) is 6.35. The number of primary amides is 1. The van der Waals surface area contributed by atoms with Gasteiger partial charge in [0.1, 0.15) is 5.75 Å². The van der Waals surface area contributed by atoms with Crippen molar-refractivity contribution in [3.8, 4) is 5.75 Å². The number of rotatable bonds is 6. The molecule has 0 bridgehead atoms. The van der Waals surface area contributed by atoms with Crippen molar-refractivity contribution in [2.24, 2.45) is 11.7 Å². The highest BCUT2D eigenvalue weighted by Crippen LogP contribution is 2.23. The van der Waals surface area contributed by atoms with E-state index in [1.54, 1.807) is 13.2 Å². The van der Waals surface area contributed by atoms with Crippen molar-refractivity contribution in [3.63, 3.8) is 0 Å². The first-order valence-electron chi connectivity index (χ1n) is 8.39. The molecule has 5 nitrogen and oxygen atoms in total. The van der Waals surface area contributed by atoms with Crippen molar-refractivity contribution < 1.29 is 14.3 Å². The maximum Gasteiger partial charge on any atom is 0.246 e. The fourth-order valence-corrected chi connectivity index (χ4v) is 3.06. The Kier molecular flexibility index (Phi) is 6.41. The fourth-order valence-electron chi connectivity index (χ4n) is 3.06. The van der Waals surface area contributed by atoms with Gasteiger partial charge in [-0.05, 0) is 55.4 Å². The van der Waals surface area contributed by atoms with Crippen LogP contribution < -0.4 is 10.5 Å². The summed E-state index contributed by atoms with van der Waals surface area (Å²) in [6.07, 6.45) is 4.88. The van der Waals surface area contributed by atoms with Crippen LogP contribution >= 0.6 is 0 Å². The van der Waals surface area contributed by atoms with Crippen LogP contribution in [-0.2, 0) is 9.59 Å². The summed E-state index contributed by atoms with van der Waals surface area (Å²) in [5.41, 5.74) is 7.16. The molecule has 1 heterocycles. The lowest BCUT2D eigenvalue weighted by Crippen LogP contribution is -2.39. The summed E-state index contributed by atoms with van der Waals surface area (Å²) >= 11 is 0. The molecule has 1 aliphatic rings. The van der Waals surface area contributed by atoms with Gasteiger partial charge in [-0.2, -0.15) is 0 Å². The summed E-state index contributed by atoms with van der Waals surface area (Å²) in [6.45, 7) is 3.42. The Morgan fingerprint density at radius 3 is 2.67 bits per heavy atom. The van der Waals surface area contributed by atoms with E-state index in [0.29, 0.717) is 18.9 Å². The van der Waals surface area contributed by atoms with E-state index in [9.17, 15) is 9.59 Å². The van der Waals surface area contributed by atoms with Gasteiger partial charge in [-0.15, -0.1) is 0 Å². The van der Waals surface area contributed by atoms with Gasteiger partial charge < -0.3 is 15.4 Å². The van der Waals surface area contributed by atoms with Gasteiger partial charge in [0, 0.05) is 25.6 Å². The predicted molar refractivity (Wildman–Crippen MR) is 94.4 cm³/mol. The van der Waals surface area contributed by atoms with Crippen LogP contribution in [0.5, 0.6) is 5.75 Å². The van der Waals surface area contributed by atoms with Gasteiger partial charge in [-0.25, -0.2) is 0 Å². The smallest absolute Gasteiger partial charge is 0.246 e. The SMILES string of the molecule is COc1ccc(C(C)=CC(=O)N2CCCC(CCC(N)=O)C2)cc1. The van der Waals surface area contributed by atoms with Crippen LogP contribution in [0.3, 0.4) is 0 Å². The molecule has 1 aromatic carbocycles. The van der Waals surface area contributed by atoms with Gasteiger partial charge in [-0.3, -0.25) is 9.59 Å². The standard InChI is InChI=1S/C19H26N2O3/c1-14(16-6-8-17(24-2)9-7-16)12-19(23)21-11-3-4-15(13-21)5-10-18(20)22/h6-9,12,15H,3-5,10-11,13H2,1-2H3,(H2,20,22). The van der Waals surface area contributed by atoms with Gasteiger partial charge in [0.05, 0.1) is 7.11 Å². The van der Waals surface area contributed by atoms with E-state index in [-0.39, 0.29) is 11.8 Å². The number of ether oxygens (including phenoxy) is 1. The van der Waals surface area contributed by atoms with E-state index < -0.39 is 0 Å². The second kappa shape index (κ2) is 8.52. The minimum absolute atomic E-state index is 0.0343. The molecule has 0 aromatic heterocycles. The van der Waals surface area contributed by atoms with Crippen LogP contribution in [0.15, 0.2) is 30.3 Å². The number of carbonyl (C=O) groups excluding carboxylic acids is 2. The van der Waals surface area contributed by atoms with Crippen molar-refractivity contribution in [2.75, 3.05) is 20.2 Å². The zero-order chi connectivity index (χ0) is 17.5. The van der Waals surface area contributed by atoms with E-state index in [4.69, 9.17) is 10.5 Å². The van der Waals surface area contributed by atoms with Crippen LogP contribution in [0.4, 0.5) is 0 Å². The van der Waals surface area contributed by atoms with Crippen molar-refractivity contribution in [1.82, 2.24) is 4.90 Å². The van der Waals surface area contributed by atoms with Gasteiger partial charge in [-0.1, -0.05) is 12.1 Å². The van der Waals surface area contributed by atoms with E-state index >= 15 is 0 Å². The van der Waals surface area contributed by atoms with Gasteiger partial charge in [0.25, 0.3) is 0 Å². The Balaban J connectivity index is 1.97. The molecule has 1 fully saturated rings. The van der Waals surface area contributed by atoms with Crippen LogP contribution in [0.1, 0.15) is 38.2 Å². The molecule has 2 rings (SSSR count). The summed E-state index contributed by atoms with van der Waals surface area (Å²) in [5, 5.41) is 0. The molecular weight excluding hydrogens is 304 g/mol. The number of nitrogens with zero attached hydrogens (tertiary/aromatic N) is 1. The maximum atomic E-state index is 12.5. The quantitative estimate of drug-likeness (QED) is 0.815. The molecule has 1 aromatic rings. The molecule has 2 N–H and O–H groups in total. The molecule has 1 aliphatic heterocycles. The third-order valence-electron chi connectivity index (χ3n) is 4.51. The van der Waals surface area contributed by atoms with E-state index in [1.807, 2.05) is 36.1 Å². The van der Waals surface area contributed by atoms with Crippen LogP contribution in [-0.4, -0.2) is 36.9 Å². The molecule has 0 radical (unpaired) electrons. The summed E-state index contributed by atoms with van der Waals surface area (Å²) < 4.78 is 5.15. The number of allylic oxidation sites excluding steroid dienone is 1. The number of amides is 2. The minimum Gasteiger partial charge on any atom is -0.497 e. The molecule has 1 atom stereocenters. The maximum absolute atomic E-state index is 12.5. The Labute approximate surface area is 143 Å². The summed E-state index contributed by atoms with van der Waals surface area (Å²) in [5.74, 6) is 0.928. The number of nitrogens with two attached hydrogens (primary N) is 1. The van der Waals surface area contributed by atoms with Crippen molar-refractivity contribution in [1.29, 1.82) is 0 Å². The summed E-state index contributed by atoms with van der Waals surface area (Å²) in [7, 11) is 1.63. The number of benzene rings is 1. The first-order chi connectivity index (χ1) is 11.5. The average molecular weight is 330 g/mol. The zero-order valence-corrected chi connectivity index (χ0v) is 14.5. The molecule has 130 valence electrons. The minimum atomic E-state index is -0.270. The highest BCUT2D eigenvalue weighted by Gasteiger charge is 2.22. The lowest BCUT2D eigenvalue weighted by Gasteiger charge is -2.32. The zero-order valence-electron chi connectivity index (χ0n) is 14.5. The monoisotopic (exact) mass is 330 g/mol. The summed E-state index contributed by atoms with van der Waals surface area (Å²) in [4.78, 5) is 25.3. The third kappa shape index (κ3) is 5.11. The van der Waals surface area contributed by atoms with Gasteiger partial charge in [0.2, 0.25) is 11.8 Å². The normalized spacial score (nSPS) is 18.3. The predicted octanol–water partition coefficient (Wildman–Crippen LogP) is 2.60. The molecule has 5 heteroatoms. The first-order valence-corrected chi connectivity index (χ1v) is 8.39. The molecule has 2 amide bonds. The number of likely N-dealkylation sites (tertiary alicyclic amines) is 1. The Morgan fingerprint density at radius 2 is 2.04 bits per heavy atom. The first kappa shape index (κ1) is 18.0. The van der Waals surface area contributed by atoms with Crippen molar-refractivity contribution >= 4 is 17.4 Å². The average Bonchev–Trinajstić information content (AvgIpc) is 2.60. The third-order valence-corrected chi connectivity index (χ3v) is 4.51. The van der Waals surface area contributed by atoms with E-state index in [1.165, 1.54) is 0 Å². The molecular formula is C19H26N2O3. The number of piperidine rings is 1. The topological polar surface area (TPSA) is 72.6 Å². The Hall–Kier alpha value is -2.30. The number of hydrogen-bond acceptors (Lipinski definition) is 3. The number of carbonyl (C=O) groups is 2.